The van der Waals surface area contributed by atoms with Gasteiger partial charge in [-0.3, -0.25) is 9.89 Å². The number of aromatic amines is 1. The standard InChI is InChI=1S/C14H16N4OS/c1-18-10-6-11(9-7-15-16-8-9)20-12(10)13(19)17-14(18)4-2-3-5-14/h6-8H,2-5H2,1H3,(H,15,16)(H,17,19). The molecule has 5 nitrogen and oxygen atoms in total. The fourth-order valence-electron chi connectivity index (χ4n) is 3.32. The van der Waals surface area contributed by atoms with E-state index in [2.05, 4.69) is 33.5 Å². The van der Waals surface area contributed by atoms with Gasteiger partial charge >= 0.3 is 0 Å². The van der Waals surface area contributed by atoms with Gasteiger partial charge in [0, 0.05) is 23.7 Å². The van der Waals surface area contributed by atoms with Crippen molar-refractivity contribution in [2.24, 2.45) is 0 Å². The fraction of sp³-hybridized carbons (Fsp3) is 0.429. The van der Waals surface area contributed by atoms with Gasteiger partial charge < -0.3 is 10.2 Å². The lowest BCUT2D eigenvalue weighted by Crippen LogP contribution is -2.60. The molecule has 3 heterocycles. The molecule has 2 N–H and O–H groups in total. The van der Waals surface area contributed by atoms with Crippen LogP contribution in [-0.4, -0.2) is 28.8 Å². The molecule has 1 spiro atoms. The maximum Gasteiger partial charge on any atom is 0.265 e. The molecule has 0 bridgehead atoms. The van der Waals surface area contributed by atoms with Gasteiger partial charge in [-0.25, -0.2) is 0 Å². The largest absolute Gasteiger partial charge is 0.350 e. The minimum absolute atomic E-state index is 0.0692. The maximum atomic E-state index is 12.4. The summed E-state index contributed by atoms with van der Waals surface area (Å²) < 4.78 is 0. The predicted octanol–water partition coefficient (Wildman–Crippen LogP) is 2.59. The first-order valence-corrected chi connectivity index (χ1v) is 7.71. The Balaban J connectivity index is 1.81. The first-order valence-electron chi connectivity index (χ1n) is 6.89. The summed E-state index contributed by atoms with van der Waals surface area (Å²) in [5, 5.41) is 10.0. The van der Waals surface area contributed by atoms with Crippen LogP contribution in [0.25, 0.3) is 10.4 Å². The van der Waals surface area contributed by atoms with Crippen molar-refractivity contribution in [2.45, 2.75) is 31.3 Å². The Morgan fingerprint density at radius 3 is 2.90 bits per heavy atom. The Labute approximate surface area is 121 Å². The van der Waals surface area contributed by atoms with Gasteiger partial charge in [0.05, 0.1) is 11.9 Å². The maximum absolute atomic E-state index is 12.4. The zero-order valence-corrected chi connectivity index (χ0v) is 12.1. The van der Waals surface area contributed by atoms with Crippen LogP contribution in [0.2, 0.25) is 0 Å². The van der Waals surface area contributed by atoms with Crippen molar-refractivity contribution >= 4 is 22.9 Å². The molecule has 2 aromatic heterocycles. The third-order valence-corrected chi connectivity index (χ3v) is 5.65. The van der Waals surface area contributed by atoms with E-state index in [4.69, 9.17) is 0 Å². The second-order valence-electron chi connectivity index (χ2n) is 5.56. The molecule has 0 atom stereocenters. The Morgan fingerprint density at radius 1 is 1.40 bits per heavy atom. The van der Waals surface area contributed by atoms with E-state index in [9.17, 15) is 4.79 Å². The van der Waals surface area contributed by atoms with Gasteiger partial charge in [0.1, 0.15) is 10.5 Å². The second kappa shape index (κ2) is 4.09. The van der Waals surface area contributed by atoms with E-state index in [-0.39, 0.29) is 11.6 Å². The number of thiophene rings is 1. The molecule has 1 fully saturated rings. The molecule has 2 aliphatic rings. The first kappa shape index (κ1) is 12.0. The molecular formula is C14H16N4OS. The summed E-state index contributed by atoms with van der Waals surface area (Å²) in [6, 6.07) is 2.11. The Kier molecular flexibility index (Phi) is 2.44. The van der Waals surface area contributed by atoms with Crippen LogP contribution in [0.15, 0.2) is 18.5 Å². The second-order valence-corrected chi connectivity index (χ2v) is 6.62. The summed E-state index contributed by atoms with van der Waals surface area (Å²) in [7, 11) is 2.09. The van der Waals surface area contributed by atoms with Crippen LogP contribution in [-0.2, 0) is 0 Å². The number of fused-ring (bicyclic) bond motifs is 1. The van der Waals surface area contributed by atoms with Gasteiger partial charge in [-0.15, -0.1) is 11.3 Å². The van der Waals surface area contributed by atoms with E-state index in [1.165, 1.54) is 24.2 Å². The zero-order valence-electron chi connectivity index (χ0n) is 11.3. The normalized spacial score (nSPS) is 20.2. The van der Waals surface area contributed by atoms with E-state index in [1.54, 1.807) is 6.20 Å². The van der Waals surface area contributed by atoms with Crippen molar-refractivity contribution in [3.8, 4) is 10.4 Å². The average Bonchev–Trinajstić information content (AvgIpc) is 3.16. The summed E-state index contributed by atoms with van der Waals surface area (Å²) >= 11 is 1.53. The topological polar surface area (TPSA) is 61.0 Å². The molecule has 1 aliphatic carbocycles. The van der Waals surface area contributed by atoms with Crippen LogP contribution in [0.4, 0.5) is 5.69 Å². The van der Waals surface area contributed by atoms with Gasteiger partial charge in [0.15, 0.2) is 0 Å². The number of rotatable bonds is 1. The Hall–Kier alpha value is -1.82. The van der Waals surface area contributed by atoms with Crippen molar-refractivity contribution in [3.63, 3.8) is 0 Å². The summed E-state index contributed by atoms with van der Waals surface area (Å²) in [4.78, 5) is 16.6. The van der Waals surface area contributed by atoms with Crippen LogP contribution in [0.1, 0.15) is 35.4 Å². The molecular weight excluding hydrogens is 272 g/mol. The summed E-state index contributed by atoms with van der Waals surface area (Å²) in [5.41, 5.74) is 1.92. The molecule has 4 rings (SSSR count). The van der Waals surface area contributed by atoms with Crippen molar-refractivity contribution in [3.05, 3.63) is 23.3 Å². The van der Waals surface area contributed by atoms with E-state index in [0.717, 1.165) is 33.8 Å². The van der Waals surface area contributed by atoms with Crippen molar-refractivity contribution < 1.29 is 4.79 Å². The molecule has 1 aliphatic heterocycles. The number of nitrogens with zero attached hydrogens (tertiary/aromatic N) is 2. The average molecular weight is 288 g/mol. The lowest BCUT2D eigenvalue weighted by atomic mass is 10.0. The van der Waals surface area contributed by atoms with Gasteiger partial charge in [0.25, 0.3) is 5.91 Å². The van der Waals surface area contributed by atoms with Crippen molar-refractivity contribution in [2.75, 3.05) is 11.9 Å². The highest BCUT2D eigenvalue weighted by Gasteiger charge is 2.44. The highest BCUT2D eigenvalue weighted by Crippen LogP contribution is 2.44. The SMILES string of the molecule is CN1c2cc(-c3cn[nH]c3)sc2C(=O)NC12CCCC2. The quantitative estimate of drug-likeness (QED) is 0.848. The number of carbonyl (C=O) groups excluding carboxylic acids is 1. The number of hydrogen-bond donors (Lipinski definition) is 2. The van der Waals surface area contributed by atoms with Gasteiger partial charge in [-0.2, -0.15) is 5.10 Å². The number of H-pyrrole nitrogens is 1. The third kappa shape index (κ3) is 1.54. The molecule has 0 saturated heterocycles. The molecule has 0 aromatic carbocycles. The van der Waals surface area contributed by atoms with Crippen molar-refractivity contribution in [1.29, 1.82) is 0 Å². The number of aromatic nitrogens is 2. The molecule has 6 heteroatoms. The van der Waals surface area contributed by atoms with E-state index in [0.29, 0.717) is 0 Å². The Bertz CT molecular complexity index is 655. The molecule has 104 valence electrons. The number of anilines is 1. The summed E-state index contributed by atoms with van der Waals surface area (Å²) in [6.07, 6.45) is 8.08. The molecule has 1 amide bonds. The van der Waals surface area contributed by atoms with Gasteiger partial charge in [-0.1, -0.05) is 0 Å². The zero-order chi connectivity index (χ0) is 13.7. The molecule has 0 unspecified atom stereocenters. The summed E-state index contributed by atoms with van der Waals surface area (Å²) in [6.45, 7) is 0. The molecule has 0 radical (unpaired) electrons. The highest BCUT2D eigenvalue weighted by atomic mass is 32.1. The molecule has 20 heavy (non-hydrogen) atoms. The monoisotopic (exact) mass is 288 g/mol. The minimum Gasteiger partial charge on any atom is -0.350 e. The van der Waals surface area contributed by atoms with Crippen LogP contribution < -0.4 is 10.2 Å². The van der Waals surface area contributed by atoms with Crippen molar-refractivity contribution in [1.82, 2.24) is 15.5 Å². The number of hydrogen-bond acceptors (Lipinski definition) is 4. The van der Waals surface area contributed by atoms with E-state index < -0.39 is 0 Å². The fourth-order valence-corrected chi connectivity index (χ4v) is 4.39. The van der Waals surface area contributed by atoms with Crippen LogP contribution in [0, 0.1) is 0 Å². The molecule has 2 aromatic rings. The van der Waals surface area contributed by atoms with Gasteiger partial charge in [-0.05, 0) is 31.7 Å². The molecule has 1 saturated carbocycles. The smallest absolute Gasteiger partial charge is 0.265 e. The number of nitrogens with one attached hydrogen (secondary N) is 2. The van der Waals surface area contributed by atoms with Crippen LogP contribution in [0.3, 0.4) is 0 Å². The lowest BCUT2D eigenvalue weighted by Gasteiger charge is -2.44. The number of amides is 1. The number of carbonyl (C=O) groups is 1. The third-order valence-electron chi connectivity index (χ3n) is 4.48. The van der Waals surface area contributed by atoms with Gasteiger partial charge in [0.2, 0.25) is 0 Å². The highest BCUT2D eigenvalue weighted by molar-refractivity contribution is 7.18. The summed E-state index contributed by atoms with van der Waals surface area (Å²) in [5.74, 6) is 0.0692. The first-order chi connectivity index (χ1) is 9.70. The minimum atomic E-state index is -0.168. The van der Waals surface area contributed by atoms with E-state index in [1.807, 2.05) is 6.20 Å². The predicted molar refractivity (Wildman–Crippen MR) is 79.0 cm³/mol. The van der Waals surface area contributed by atoms with E-state index >= 15 is 0 Å². The Morgan fingerprint density at radius 2 is 2.20 bits per heavy atom. The lowest BCUT2D eigenvalue weighted by molar-refractivity contribution is 0.0890. The van der Waals surface area contributed by atoms with Crippen LogP contribution in [0.5, 0.6) is 0 Å². The van der Waals surface area contributed by atoms with Crippen LogP contribution >= 0.6 is 11.3 Å².